The van der Waals surface area contributed by atoms with Gasteiger partial charge in [0, 0.05) is 17.5 Å². The minimum atomic E-state index is -0.00658. The van der Waals surface area contributed by atoms with Crippen molar-refractivity contribution < 1.29 is 9.53 Å². The maximum absolute atomic E-state index is 12.6. The largest absolute Gasteiger partial charge is 0.497 e. The fourth-order valence-corrected chi connectivity index (χ4v) is 3.77. The Morgan fingerprint density at radius 2 is 1.93 bits per heavy atom. The van der Waals surface area contributed by atoms with Gasteiger partial charge in [-0.3, -0.25) is 9.69 Å². The van der Waals surface area contributed by atoms with Crippen LogP contribution >= 0.6 is 11.6 Å². The highest BCUT2D eigenvalue weighted by molar-refractivity contribution is 6.30. The lowest BCUT2D eigenvalue weighted by Crippen LogP contribution is -2.40. The van der Waals surface area contributed by atoms with Crippen molar-refractivity contribution in [3.63, 3.8) is 0 Å². The first-order valence-electron chi connectivity index (χ1n) is 9.46. The van der Waals surface area contributed by atoms with E-state index >= 15 is 0 Å². The first-order valence-corrected chi connectivity index (χ1v) is 9.84. The summed E-state index contributed by atoms with van der Waals surface area (Å²) in [6, 6.07) is 15.8. The molecular weight excluding hydrogens is 360 g/mol. The second-order valence-corrected chi connectivity index (χ2v) is 7.62. The summed E-state index contributed by atoms with van der Waals surface area (Å²) in [5.74, 6) is 1.06. The molecule has 0 spiro atoms. The number of halogens is 1. The smallest absolute Gasteiger partial charge is 0.223 e. The van der Waals surface area contributed by atoms with Gasteiger partial charge in [0.15, 0.2) is 0 Å². The molecule has 1 N–H and O–H groups in total. The predicted octanol–water partition coefficient (Wildman–Crippen LogP) is 4.44. The zero-order chi connectivity index (χ0) is 19.2. The standard InChI is InChI=1S/C22H27ClN2O2/c1-16(18-6-8-21(27-2)9-7-18)24-22(26)19-10-12-25(13-11-19)15-17-4-3-5-20(23)14-17/h3-9,14,16,19H,10-13,15H2,1-2H3,(H,24,26). The molecule has 1 aliphatic rings. The summed E-state index contributed by atoms with van der Waals surface area (Å²) in [5, 5.41) is 3.93. The molecule has 1 fully saturated rings. The lowest BCUT2D eigenvalue weighted by molar-refractivity contribution is -0.127. The second-order valence-electron chi connectivity index (χ2n) is 7.18. The molecule has 0 aromatic heterocycles. The SMILES string of the molecule is COc1ccc(C(C)NC(=O)C2CCN(Cc3cccc(Cl)c3)CC2)cc1. The molecule has 0 aliphatic carbocycles. The third-order valence-corrected chi connectivity index (χ3v) is 5.46. The molecule has 1 atom stereocenters. The van der Waals surface area contributed by atoms with Gasteiger partial charge in [0.05, 0.1) is 13.2 Å². The molecule has 5 heteroatoms. The van der Waals surface area contributed by atoms with Gasteiger partial charge < -0.3 is 10.1 Å². The zero-order valence-corrected chi connectivity index (χ0v) is 16.7. The van der Waals surface area contributed by atoms with E-state index in [2.05, 4.69) is 16.3 Å². The van der Waals surface area contributed by atoms with E-state index < -0.39 is 0 Å². The topological polar surface area (TPSA) is 41.6 Å². The summed E-state index contributed by atoms with van der Waals surface area (Å²) in [5.41, 5.74) is 2.31. The molecule has 1 unspecified atom stereocenters. The highest BCUT2D eigenvalue weighted by Gasteiger charge is 2.26. The predicted molar refractivity (Wildman–Crippen MR) is 109 cm³/mol. The van der Waals surface area contributed by atoms with E-state index in [0.717, 1.165) is 48.8 Å². The van der Waals surface area contributed by atoms with Crippen molar-refractivity contribution in [2.24, 2.45) is 5.92 Å². The number of amides is 1. The van der Waals surface area contributed by atoms with E-state index in [-0.39, 0.29) is 17.9 Å². The molecule has 1 heterocycles. The molecule has 2 aromatic rings. The number of piperidine rings is 1. The summed E-state index contributed by atoms with van der Waals surface area (Å²) in [6.45, 7) is 4.77. The molecule has 4 nitrogen and oxygen atoms in total. The van der Waals surface area contributed by atoms with Crippen molar-refractivity contribution in [1.29, 1.82) is 0 Å². The van der Waals surface area contributed by atoms with Crippen LogP contribution in [0.4, 0.5) is 0 Å². The van der Waals surface area contributed by atoms with Gasteiger partial charge in [-0.2, -0.15) is 0 Å². The van der Waals surface area contributed by atoms with Gasteiger partial charge in [-0.05, 0) is 68.2 Å². The normalized spacial score (nSPS) is 16.7. The van der Waals surface area contributed by atoms with Crippen molar-refractivity contribution in [1.82, 2.24) is 10.2 Å². The highest BCUT2D eigenvalue weighted by atomic mass is 35.5. The number of carbonyl (C=O) groups excluding carboxylic acids is 1. The molecule has 2 aromatic carbocycles. The number of hydrogen-bond donors (Lipinski definition) is 1. The summed E-state index contributed by atoms with van der Waals surface area (Å²) in [4.78, 5) is 15.0. The maximum atomic E-state index is 12.6. The van der Waals surface area contributed by atoms with Crippen LogP contribution in [0.5, 0.6) is 5.75 Å². The number of rotatable bonds is 6. The van der Waals surface area contributed by atoms with Crippen LogP contribution in [0.25, 0.3) is 0 Å². The van der Waals surface area contributed by atoms with E-state index in [4.69, 9.17) is 16.3 Å². The van der Waals surface area contributed by atoms with Gasteiger partial charge >= 0.3 is 0 Å². The maximum Gasteiger partial charge on any atom is 0.223 e. The Morgan fingerprint density at radius 1 is 1.22 bits per heavy atom. The number of carbonyl (C=O) groups is 1. The lowest BCUT2D eigenvalue weighted by atomic mass is 9.95. The number of likely N-dealkylation sites (tertiary alicyclic amines) is 1. The molecule has 27 heavy (non-hydrogen) atoms. The van der Waals surface area contributed by atoms with E-state index in [1.165, 1.54) is 5.56 Å². The minimum Gasteiger partial charge on any atom is -0.497 e. The number of hydrogen-bond acceptors (Lipinski definition) is 3. The Hall–Kier alpha value is -2.04. The summed E-state index contributed by atoms with van der Waals surface area (Å²) in [7, 11) is 1.65. The molecule has 1 aliphatic heterocycles. The van der Waals surface area contributed by atoms with Crippen molar-refractivity contribution in [3.8, 4) is 5.75 Å². The van der Waals surface area contributed by atoms with Crippen LogP contribution in [0.15, 0.2) is 48.5 Å². The van der Waals surface area contributed by atoms with Gasteiger partial charge in [0.2, 0.25) is 5.91 Å². The van der Waals surface area contributed by atoms with Crippen LogP contribution in [-0.2, 0) is 11.3 Å². The molecule has 3 rings (SSSR count). The van der Waals surface area contributed by atoms with Gasteiger partial charge in [-0.25, -0.2) is 0 Å². The number of nitrogens with zero attached hydrogens (tertiary/aromatic N) is 1. The Morgan fingerprint density at radius 3 is 2.56 bits per heavy atom. The zero-order valence-electron chi connectivity index (χ0n) is 16.0. The molecule has 0 bridgehead atoms. The second kappa shape index (κ2) is 9.25. The first-order chi connectivity index (χ1) is 13.0. The van der Waals surface area contributed by atoms with Crippen LogP contribution in [0.1, 0.15) is 36.9 Å². The van der Waals surface area contributed by atoms with Gasteiger partial charge in [0.25, 0.3) is 0 Å². The molecule has 0 radical (unpaired) electrons. The third kappa shape index (κ3) is 5.47. The van der Waals surface area contributed by atoms with Gasteiger partial charge in [-0.15, -0.1) is 0 Å². The van der Waals surface area contributed by atoms with Gasteiger partial charge in [0.1, 0.15) is 5.75 Å². The fraction of sp³-hybridized carbons (Fsp3) is 0.409. The molecule has 0 saturated carbocycles. The van der Waals surface area contributed by atoms with Crippen molar-refractivity contribution in [2.45, 2.75) is 32.4 Å². The van der Waals surface area contributed by atoms with E-state index in [1.807, 2.05) is 49.4 Å². The fourth-order valence-electron chi connectivity index (χ4n) is 3.55. The van der Waals surface area contributed by atoms with Crippen LogP contribution < -0.4 is 10.1 Å². The Balaban J connectivity index is 1.47. The number of benzene rings is 2. The Kier molecular flexibility index (Phi) is 6.75. The van der Waals surface area contributed by atoms with Crippen LogP contribution in [0.2, 0.25) is 5.02 Å². The van der Waals surface area contributed by atoms with Crippen LogP contribution in [0, 0.1) is 5.92 Å². The summed E-state index contributed by atoms with van der Waals surface area (Å²) in [6.07, 6.45) is 1.78. The van der Waals surface area contributed by atoms with Crippen molar-refractivity contribution in [3.05, 3.63) is 64.7 Å². The molecule has 1 saturated heterocycles. The van der Waals surface area contributed by atoms with Gasteiger partial charge in [-0.1, -0.05) is 35.9 Å². The van der Waals surface area contributed by atoms with Crippen LogP contribution in [0.3, 0.4) is 0 Å². The lowest BCUT2D eigenvalue weighted by Gasteiger charge is -2.32. The number of nitrogens with one attached hydrogen (secondary N) is 1. The number of methoxy groups -OCH3 is 1. The minimum absolute atomic E-state index is 0.00658. The van der Waals surface area contributed by atoms with Crippen LogP contribution in [-0.4, -0.2) is 31.0 Å². The summed E-state index contributed by atoms with van der Waals surface area (Å²) >= 11 is 6.06. The Bertz CT molecular complexity index is 755. The van der Waals surface area contributed by atoms with E-state index in [1.54, 1.807) is 7.11 Å². The average molecular weight is 387 g/mol. The van der Waals surface area contributed by atoms with Crippen molar-refractivity contribution in [2.75, 3.05) is 20.2 Å². The monoisotopic (exact) mass is 386 g/mol. The van der Waals surface area contributed by atoms with E-state index in [0.29, 0.717) is 0 Å². The third-order valence-electron chi connectivity index (χ3n) is 5.23. The first kappa shape index (κ1) is 19.7. The average Bonchev–Trinajstić information content (AvgIpc) is 2.68. The van der Waals surface area contributed by atoms with E-state index in [9.17, 15) is 4.79 Å². The summed E-state index contributed by atoms with van der Waals surface area (Å²) < 4.78 is 5.18. The molecule has 1 amide bonds. The Labute approximate surface area is 166 Å². The molecule has 144 valence electrons. The highest BCUT2D eigenvalue weighted by Crippen LogP contribution is 2.22. The van der Waals surface area contributed by atoms with Crippen molar-refractivity contribution >= 4 is 17.5 Å². The molecular formula is C22H27ClN2O2. The quantitative estimate of drug-likeness (QED) is 0.798. The number of ether oxygens (including phenoxy) is 1.